The molecule has 2 heterocycles. The van der Waals surface area contributed by atoms with Gasteiger partial charge in [-0.1, -0.05) is 6.07 Å². The average Bonchev–Trinajstić information content (AvgIpc) is 2.95. The van der Waals surface area contributed by atoms with E-state index in [-0.39, 0.29) is 17.6 Å². The van der Waals surface area contributed by atoms with Crippen molar-refractivity contribution in [2.75, 3.05) is 20.7 Å². The molecule has 5 rings (SSSR count). The number of carbonyl (C=O) groups excluding carboxylic acids is 1. The zero-order chi connectivity index (χ0) is 16.7. The predicted molar refractivity (Wildman–Crippen MR) is 84.4 cm³/mol. The first kappa shape index (κ1) is 14.5. The standard InChI is InChI=1S/C18H19NO5/c1-19-8-7-17-14-10-3-4-12(24-21)15(14)23-16(17)11(20)5-6-18(17,22-2)13(19)9-10/h3-6,13,16,21H,7-9H2,1-2H3/t13-,16+,17+,18?/m1/s1. The van der Waals surface area contributed by atoms with Gasteiger partial charge in [0.25, 0.3) is 0 Å². The van der Waals surface area contributed by atoms with Crippen molar-refractivity contribution in [3.8, 4) is 11.5 Å². The summed E-state index contributed by atoms with van der Waals surface area (Å²) in [4.78, 5) is 19.5. The fourth-order valence-electron chi connectivity index (χ4n) is 5.54. The maximum absolute atomic E-state index is 12.7. The smallest absolute Gasteiger partial charge is 0.207 e. The summed E-state index contributed by atoms with van der Waals surface area (Å²) in [5.74, 6) is 0.688. The van der Waals surface area contributed by atoms with Crippen LogP contribution >= 0.6 is 0 Å². The molecular weight excluding hydrogens is 310 g/mol. The van der Waals surface area contributed by atoms with E-state index in [1.807, 2.05) is 12.1 Å². The third-order valence-corrected chi connectivity index (χ3v) is 6.52. The third kappa shape index (κ3) is 1.30. The summed E-state index contributed by atoms with van der Waals surface area (Å²) in [6, 6.07) is 3.80. The van der Waals surface area contributed by atoms with Crippen LogP contribution in [0, 0.1) is 0 Å². The van der Waals surface area contributed by atoms with Gasteiger partial charge in [-0.2, -0.15) is 0 Å². The number of likely N-dealkylation sites (N-methyl/N-ethyl adjacent to an activating group) is 1. The lowest BCUT2D eigenvalue weighted by atomic mass is 9.50. The van der Waals surface area contributed by atoms with E-state index in [0.29, 0.717) is 5.75 Å². The first-order valence-electron chi connectivity index (χ1n) is 8.22. The highest BCUT2D eigenvalue weighted by atomic mass is 17.1. The van der Waals surface area contributed by atoms with Gasteiger partial charge >= 0.3 is 0 Å². The second-order valence-corrected chi connectivity index (χ2v) is 7.17. The number of nitrogens with zero attached hydrogens (tertiary/aromatic N) is 1. The number of methoxy groups -OCH3 is 1. The molecule has 2 aliphatic heterocycles. The molecule has 0 aromatic heterocycles. The molecule has 4 aliphatic rings. The molecule has 4 atom stereocenters. The molecular formula is C18H19NO5. The molecule has 126 valence electrons. The highest BCUT2D eigenvalue weighted by Crippen LogP contribution is 2.64. The lowest BCUT2D eigenvalue weighted by molar-refractivity contribution is -0.163. The van der Waals surface area contributed by atoms with Crippen LogP contribution in [0.4, 0.5) is 0 Å². The fourth-order valence-corrected chi connectivity index (χ4v) is 5.54. The van der Waals surface area contributed by atoms with Crippen molar-refractivity contribution < 1.29 is 24.4 Å². The first-order chi connectivity index (χ1) is 11.6. The Hall–Kier alpha value is -1.89. The van der Waals surface area contributed by atoms with Crippen molar-refractivity contribution >= 4 is 5.78 Å². The second kappa shape index (κ2) is 4.39. The van der Waals surface area contributed by atoms with E-state index in [0.717, 1.165) is 30.5 Å². The molecule has 1 aromatic rings. The van der Waals surface area contributed by atoms with Crippen LogP contribution in [0.15, 0.2) is 24.3 Å². The van der Waals surface area contributed by atoms with Crippen LogP contribution in [0.2, 0.25) is 0 Å². The van der Waals surface area contributed by atoms with Gasteiger partial charge in [0, 0.05) is 18.7 Å². The normalized spacial score (nSPS) is 38.7. The van der Waals surface area contributed by atoms with Crippen molar-refractivity contribution in [1.29, 1.82) is 0 Å². The number of benzene rings is 1. The third-order valence-electron chi connectivity index (χ3n) is 6.52. The number of ketones is 1. The Kier molecular flexibility index (Phi) is 2.64. The molecule has 1 saturated heterocycles. The molecule has 0 amide bonds. The largest absolute Gasteiger partial charge is 0.477 e. The second-order valence-electron chi connectivity index (χ2n) is 7.17. The van der Waals surface area contributed by atoms with Crippen molar-refractivity contribution in [1.82, 2.24) is 4.90 Å². The summed E-state index contributed by atoms with van der Waals surface area (Å²) in [5.41, 5.74) is 0.927. The van der Waals surface area contributed by atoms with Crippen molar-refractivity contribution in [2.45, 2.75) is 36.0 Å². The fraction of sp³-hybridized carbons (Fsp3) is 0.500. The summed E-state index contributed by atoms with van der Waals surface area (Å²) in [6.45, 7) is 0.861. The van der Waals surface area contributed by atoms with Gasteiger partial charge in [-0.15, -0.1) is 0 Å². The number of carbonyl (C=O) groups is 1. The number of piperidine rings is 1. The van der Waals surface area contributed by atoms with Crippen molar-refractivity contribution in [3.63, 3.8) is 0 Å². The molecule has 0 saturated carbocycles. The number of rotatable bonds is 2. The van der Waals surface area contributed by atoms with Gasteiger partial charge in [0.2, 0.25) is 5.75 Å². The minimum atomic E-state index is -0.635. The summed E-state index contributed by atoms with van der Waals surface area (Å²) in [5, 5.41) is 9.24. The first-order valence-corrected chi connectivity index (χ1v) is 8.22. The van der Waals surface area contributed by atoms with Crippen molar-refractivity contribution in [2.24, 2.45) is 0 Å². The SMILES string of the molecule is COC12C=CC(=O)[C@@H]3Oc4c(OO)ccc5c4[C@@]31CCN(C)[C@@H]2C5. The van der Waals surface area contributed by atoms with Gasteiger partial charge in [-0.05, 0) is 50.2 Å². The summed E-state index contributed by atoms with van der Waals surface area (Å²) in [7, 11) is 3.81. The quantitative estimate of drug-likeness (QED) is 0.652. The van der Waals surface area contributed by atoms with Crippen LogP contribution < -0.4 is 9.62 Å². The molecule has 0 radical (unpaired) electrons. The van der Waals surface area contributed by atoms with Crippen LogP contribution in [-0.2, 0) is 21.4 Å². The van der Waals surface area contributed by atoms with E-state index >= 15 is 0 Å². The van der Waals surface area contributed by atoms with Gasteiger partial charge in [0.1, 0.15) is 5.60 Å². The molecule has 1 fully saturated rings. The van der Waals surface area contributed by atoms with Gasteiger partial charge in [0.15, 0.2) is 17.6 Å². The van der Waals surface area contributed by atoms with E-state index in [2.05, 4.69) is 16.8 Å². The van der Waals surface area contributed by atoms with Crippen LogP contribution in [0.3, 0.4) is 0 Å². The summed E-state index contributed by atoms with van der Waals surface area (Å²) >= 11 is 0. The molecule has 24 heavy (non-hydrogen) atoms. The van der Waals surface area contributed by atoms with Gasteiger partial charge in [-0.3, -0.25) is 9.69 Å². The number of hydrogen-bond acceptors (Lipinski definition) is 6. The molecule has 1 aromatic carbocycles. The molecule has 1 spiro atoms. The summed E-state index contributed by atoms with van der Waals surface area (Å²) in [6.07, 6.45) is 4.44. The van der Waals surface area contributed by atoms with E-state index in [4.69, 9.17) is 9.47 Å². The van der Waals surface area contributed by atoms with Gasteiger partial charge in [-0.25, -0.2) is 5.26 Å². The Morgan fingerprint density at radius 1 is 1.42 bits per heavy atom. The average molecular weight is 329 g/mol. The van der Waals surface area contributed by atoms with Crippen LogP contribution in [-0.4, -0.2) is 54.4 Å². The van der Waals surface area contributed by atoms with E-state index in [9.17, 15) is 10.1 Å². The Labute approximate surface area is 139 Å². The molecule has 6 nitrogen and oxygen atoms in total. The van der Waals surface area contributed by atoms with Crippen LogP contribution in [0.25, 0.3) is 0 Å². The lowest BCUT2D eigenvalue weighted by Gasteiger charge is -2.61. The minimum absolute atomic E-state index is 0.0566. The molecule has 2 aliphatic carbocycles. The maximum Gasteiger partial charge on any atom is 0.207 e. The zero-order valence-corrected chi connectivity index (χ0v) is 13.6. The molecule has 2 bridgehead atoms. The van der Waals surface area contributed by atoms with E-state index in [1.165, 1.54) is 0 Å². The number of hydrogen-bond donors (Lipinski definition) is 1. The van der Waals surface area contributed by atoms with Gasteiger partial charge < -0.3 is 14.4 Å². The monoisotopic (exact) mass is 329 g/mol. The Bertz CT molecular complexity index is 790. The minimum Gasteiger partial charge on any atom is -0.477 e. The lowest BCUT2D eigenvalue weighted by Crippen LogP contribution is -2.75. The highest BCUT2D eigenvalue weighted by Gasteiger charge is 2.72. The Balaban J connectivity index is 1.89. The molecule has 1 unspecified atom stereocenters. The molecule has 6 heteroatoms. The molecule has 1 N–H and O–H groups in total. The van der Waals surface area contributed by atoms with Crippen LogP contribution in [0.1, 0.15) is 17.5 Å². The summed E-state index contributed by atoms with van der Waals surface area (Å²) < 4.78 is 12.2. The number of ether oxygens (including phenoxy) is 2. The van der Waals surface area contributed by atoms with E-state index in [1.54, 1.807) is 19.3 Å². The van der Waals surface area contributed by atoms with Gasteiger partial charge in [0.05, 0.1) is 5.41 Å². The zero-order valence-electron chi connectivity index (χ0n) is 13.6. The van der Waals surface area contributed by atoms with Crippen LogP contribution in [0.5, 0.6) is 11.5 Å². The van der Waals surface area contributed by atoms with Crippen molar-refractivity contribution in [3.05, 3.63) is 35.4 Å². The highest BCUT2D eigenvalue weighted by molar-refractivity contribution is 5.99. The maximum atomic E-state index is 12.7. The number of likely N-dealkylation sites (tertiary alicyclic amines) is 1. The Morgan fingerprint density at radius 2 is 2.25 bits per heavy atom. The Morgan fingerprint density at radius 3 is 3.00 bits per heavy atom. The topological polar surface area (TPSA) is 68.2 Å². The van der Waals surface area contributed by atoms with E-state index < -0.39 is 17.1 Å². The predicted octanol–water partition coefficient (Wildman–Crippen LogP) is 1.32.